The van der Waals surface area contributed by atoms with Crippen molar-refractivity contribution < 1.29 is 37.4 Å². The van der Waals surface area contributed by atoms with Gasteiger partial charge in [-0.1, -0.05) is 0 Å². The van der Waals surface area contributed by atoms with Gasteiger partial charge in [0.1, 0.15) is 17.1 Å². The molecule has 1 N–H and O–H groups in total. The third kappa shape index (κ3) is 5.46. The van der Waals surface area contributed by atoms with E-state index in [1.807, 2.05) is 0 Å². The third-order valence-corrected chi connectivity index (χ3v) is 3.75. The van der Waals surface area contributed by atoms with E-state index in [0.29, 0.717) is 30.8 Å². The molecule has 0 atom stereocenters. The minimum atomic E-state index is -3.23. The first-order chi connectivity index (χ1) is 14.3. The zero-order valence-electron chi connectivity index (χ0n) is 16.4. The Labute approximate surface area is 170 Å². The molecule has 0 radical (unpaired) electrons. The molecule has 2 aromatic carbocycles. The maximum Gasteiger partial charge on any atom is 0.387 e. The molecule has 0 heterocycles. The predicted molar refractivity (Wildman–Crippen MR) is 103 cm³/mol. The largest absolute Gasteiger partial charge is 0.494 e. The van der Waals surface area contributed by atoms with Crippen molar-refractivity contribution in [1.82, 2.24) is 0 Å². The molecule has 1 amide bonds. The van der Waals surface area contributed by atoms with E-state index in [9.17, 15) is 23.7 Å². The van der Waals surface area contributed by atoms with E-state index in [2.05, 4.69) is 10.1 Å². The molecule has 0 aliphatic heterocycles. The summed E-state index contributed by atoms with van der Waals surface area (Å²) in [6.07, 6.45) is 0. The summed E-state index contributed by atoms with van der Waals surface area (Å²) in [7, 11) is 1.15. The number of nitro groups is 1. The van der Waals surface area contributed by atoms with Crippen molar-refractivity contribution in [2.75, 3.05) is 25.6 Å². The predicted octanol–water partition coefficient (Wildman–Crippen LogP) is 4.25. The van der Waals surface area contributed by atoms with E-state index in [1.165, 1.54) is 6.07 Å². The SMILES string of the molecule is CCOc1ccc(OCC)c(NC(=O)c2cc(OC)c(OC(F)F)cc2[N+](=O)[O-])c1. The van der Waals surface area contributed by atoms with E-state index in [0.717, 1.165) is 13.2 Å². The first-order valence-corrected chi connectivity index (χ1v) is 8.82. The standard InChI is InChI=1S/C19H20F2N2O7/c1-4-28-11-6-7-15(29-5-2)13(8-11)22-18(24)12-9-16(27-3)17(30-19(20)21)10-14(12)23(25)26/h6-10,19H,4-5H2,1-3H3,(H,22,24). The number of ether oxygens (including phenoxy) is 4. The van der Waals surface area contributed by atoms with Crippen molar-refractivity contribution in [3.05, 3.63) is 46.0 Å². The highest BCUT2D eigenvalue weighted by molar-refractivity contribution is 6.08. The summed E-state index contributed by atoms with van der Waals surface area (Å²) in [6.45, 7) is 1.00. The van der Waals surface area contributed by atoms with E-state index in [-0.39, 0.29) is 11.4 Å². The highest BCUT2D eigenvalue weighted by Crippen LogP contribution is 2.37. The molecule has 11 heteroatoms. The lowest BCUT2D eigenvalue weighted by atomic mass is 10.1. The number of alkyl halides is 2. The number of amides is 1. The molecule has 0 unspecified atom stereocenters. The van der Waals surface area contributed by atoms with Gasteiger partial charge in [-0.2, -0.15) is 8.78 Å². The Bertz CT molecular complexity index is 922. The molecule has 0 aliphatic carbocycles. The number of anilines is 1. The van der Waals surface area contributed by atoms with Gasteiger partial charge in [-0.15, -0.1) is 0 Å². The average Bonchev–Trinajstić information content (AvgIpc) is 2.69. The summed E-state index contributed by atoms with van der Waals surface area (Å²) in [6, 6.07) is 6.40. The number of halogens is 2. The number of nitrogens with zero attached hydrogens (tertiary/aromatic N) is 1. The fourth-order valence-corrected chi connectivity index (χ4v) is 2.56. The van der Waals surface area contributed by atoms with Gasteiger partial charge in [0.2, 0.25) is 0 Å². The van der Waals surface area contributed by atoms with Crippen molar-refractivity contribution in [2.45, 2.75) is 20.5 Å². The second-order valence-electron chi connectivity index (χ2n) is 5.63. The van der Waals surface area contributed by atoms with Crippen molar-refractivity contribution in [1.29, 1.82) is 0 Å². The Hall–Kier alpha value is -3.63. The molecule has 0 saturated carbocycles. The van der Waals surface area contributed by atoms with Gasteiger partial charge in [0, 0.05) is 12.1 Å². The van der Waals surface area contributed by atoms with Gasteiger partial charge < -0.3 is 24.3 Å². The number of nitro benzene ring substituents is 1. The zero-order valence-corrected chi connectivity index (χ0v) is 16.4. The van der Waals surface area contributed by atoms with Gasteiger partial charge >= 0.3 is 6.61 Å². The van der Waals surface area contributed by atoms with Gasteiger partial charge in [0.15, 0.2) is 11.5 Å². The number of hydrogen-bond acceptors (Lipinski definition) is 7. The number of carbonyl (C=O) groups excluding carboxylic acids is 1. The average molecular weight is 426 g/mol. The van der Waals surface area contributed by atoms with Crippen LogP contribution in [0.2, 0.25) is 0 Å². The van der Waals surface area contributed by atoms with Crippen LogP contribution in [0.5, 0.6) is 23.0 Å². The minimum absolute atomic E-state index is 0.217. The Morgan fingerprint density at radius 2 is 1.80 bits per heavy atom. The van der Waals surface area contributed by atoms with Gasteiger partial charge in [0.25, 0.3) is 11.6 Å². The first-order valence-electron chi connectivity index (χ1n) is 8.82. The minimum Gasteiger partial charge on any atom is -0.494 e. The second kappa shape index (κ2) is 10.2. The van der Waals surface area contributed by atoms with E-state index in [1.54, 1.807) is 26.0 Å². The monoisotopic (exact) mass is 426 g/mol. The molecule has 0 spiro atoms. The topological polar surface area (TPSA) is 109 Å². The summed E-state index contributed by atoms with van der Waals surface area (Å²) in [5.41, 5.74) is -0.931. The van der Waals surface area contributed by atoms with E-state index in [4.69, 9.17) is 14.2 Å². The molecule has 0 fully saturated rings. The Balaban J connectivity index is 2.47. The molecule has 162 valence electrons. The Kier molecular flexibility index (Phi) is 7.73. The highest BCUT2D eigenvalue weighted by Gasteiger charge is 2.26. The third-order valence-electron chi connectivity index (χ3n) is 3.75. The summed E-state index contributed by atoms with van der Waals surface area (Å²) in [5, 5.41) is 13.9. The molecular weight excluding hydrogens is 406 g/mol. The fraction of sp³-hybridized carbons (Fsp3) is 0.316. The summed E-state index contributed by atoms with van der Waals surface area (Å²) in [4.78, 5) is 23.4. The van der Waals surface area contributed by atoms with Crippen LogP contribution in [0.1, 0.15) is 24.2 Å². The second-order valence-corrected chi connectivity index (χ2v) is 5.63. The van der Waals surface area contributed by atoms with Crippen LogP contribution in [0, 0.1) is 10.1 Å². The molecule has 0 saturated heterocycles. The Morgan fingerprint density at radius 3 is 2.37 bits per heavy atom. The van der Waals surface area contributed by atoms with Gasteiger partial charge in [-0.05, 0) is 26.0 Å². The van der Waals surface area contributed by atoms with Gasteiger partial charge in [-0.25, -0.2) is 0 Å². The van der Waals surface area contributed by atoms with Gasteiger partial charge in [0.05, 0.1) is 37.0 Å². The summed E-state index contributed by atoms with van der Waals surface area (Å²) < 4.78 is 45.2. The van der Waals surface area contributed by atoms with Crippen LogP contribution in [0.15, 0.2) is 30.3 Å². The molecule has 0 aromatic heterocycles. The first kappa shape index (κ1) is 22.7. The smallest absolute Gasteiger partial charge is 0.387 e. The number of benzene rings is 2. The van der Waals surface area contributed by atoms with Gasteiger partial charge in [-0.3, -0.25) is 14.9 Å². The number of hydrogen-bond donors (Lipinski definition) is 1. The number of methoxy groups -OCH3 is 1. The molecule has 9 nitrogen and oxygen atoms in total. The molecule has 0 bridgehead atoms. The molecular formula is C19H20F2N2O7. The lowest BCUT2D eigenvalue weighted by molar-refractivity contribution is -0.385. The van der Waals surface area contributed by atoms with Crippen LogP contribution in [-0.4, -0.2) is 37.8 Å². The van der Waals surface area contributed by atoms with E-state index < -0.39 is 34.4 Å². The normalized spacial score (nSPS) is 10.5. The van der Waals surface area contributed by atoms with Crippen molar-refractivity contribution in [3.8, 4) is 23.0 Å². The molecule has 2 aromatic rings. The number of rotatable bonds is 10. The van der Waals surface area contributed by atoms with Crippen LogP contribution < -0.4 is 24.3 Å². The van der Waals surface area contributed by atoms with Crippen LogP contribution in [0.4, 0.5) is 20.2 Å². The molecule has 0 aliphatic rings. The molecule has 30 heavy (non-hydrogen) atoms. The summed E-state index contributed by atoms with van der Waals surface area (Å²) >= 11 is 0. The van der Waals surface area contributed by atoms with Crippen molar-refractivity contribution in [2.24, 2.45) is 0 Å². The van der Waals surface area contributed by atoms with Crippen LogP contribution in [0.3, 0.4) is 0 Å². The number of carbonyl (C=O) groups is 1. The fourth-order valence-electron chi connectivity index (χ4n) is 2.56. The van der Waals surface area contributed by atoms with Crippen molar-refractivity contribution >= 4 is 17.3 Å². The quantitative estimate of drug-likeness (QED) is 0.447. The molecule has 2 rings (SSSR count). The Morgan fingerprint density at radius 1 is 1.10 bits per heavy atom. The maximum atomic E-state index is 12.8. The maximum absolute atomic E-state index is 12.8. The summed E-state index contributed by atoms with van der Waals surface area (Å²) in [5.74, 6) is -0.938. The van der Waals surface area contributed by atoms with Crippen LogP contribution >= 0.6 is 0 Å². The van der Waals surface area contributed by atoms with Crippen LogP contribution in [-0.2, 0) is 0 Å². The number of nitrogens with one attached hydrogen (secondary N) is 1. The van der Waals surface area contributed by atoms with Crippen molar-refractivity contribution in [3.63, 3.8) is 0 Å². The van der Waals surface area contributed by atoms with E-state index >= 15 is 0 Å². The lowest BCUT2D eigenvalue weighted by Crippen LogP contribution is -2.16. The zero-order chi connectivity index (χ0) is 22.3. The lowest BCUT2D eigenvalue weighted by Gasteiger charge is -2.15. The van der Waals surface area contributed by atoms with Crippen LogP contribution in [0.25, 0.3) is 0 Å². The highest BCUT2D eigenvalue weighted by atomic mass is 19.3.